The van der Waals surface area contributed by atoms with Crippen LogP contribution in [0.25, 0.3) is 10.8 Å². The molecule has 0 aliphatic heterocycles. The summed E-state index contributed by atoms with van der Waals surface area (Å²) in [6.07, 6.45) is 0. The van der Waals surface area contributed by atoms with Crippen LogP contribution in [0.15, 0.2) is 48.5 Å². The molecule has 0 amide bonds. The Morgan fingerprint density at radius 3 is 1.76 bits per heavy atom. The van der Waals surface area contributed by atoms with Gasteiger partial charge in [0.2, 0.25) is 0 Å². The zero-order chi connectivity index (χ0) is 31.1. The minimum absolute atomic E-state index is 0.00477. The van der Waals surface area contributed by atoms with Gasteiger partial charge >= 0.3 is 5.97 Å². The minimum atomic E-state index is -2.40. The van der Waals surface area contributed by atoms with E-state index in [1.54, 1.807) is 0 Å². The lowest BCUT2D eigenvalue weighted by Gasteiger charge is -2.44. The SMILES string of the molecule is Cc1ccccc1OC(=O)c1cc(O[Si](C)(C)C(C)(C)C(C)C)c2c(C)cccc2c1O[Si](C)(C)C(C)(C)C(C)C. The Bertz CT molecular complexity index is 1420. The van der Waals surface area contributed by atoms with E-state index in [0.29, 0.717) is 28.9 Å². The molecule has 0 unspecified atom stereocenters. The van der Waals surface area contributed by atoms with Gasteiger partial charge in [0.25, 0.3) is 16.6 Å². The summed E-state index contributed by atoms with van der Waals surface area (Å²) < 4.78 is 20.2. The molecular formula is C35H52O4Si2. The summed E-state index contributed by atoms with van der Waals surface area (Å²) in [5.41, 5.74) is 2.41. The molecule has 0 fully saturated rings. The van der Waals surface area contributed by atoms with E-state index in [1.165, 1.54) is 0 Å². The predicted molar refractivity (Wildman–Crippen MR) is 179 cm³/mol. The van der Waals surface area contributed by atoms with Crippen molar-refractivity contribution in [2.75, 3.05) is 0 Å². The van der Waals surface area contributed by atoms with Crippen LogP contribution in [0.3, 0.4) is 0 Å². The lowest BCUT2D eigenvalue weighted by molar-refractivity contribution is 0.0731. The molecule has 3 aromatic rings. The average molecular weight is 593 g/mol. The van der Waals surface area contributed by atoms with Gasteiger partial charge in [-0.25, -0.2) is 4.79 Å². The molecular weight excluding hydrogens is 541 g/mol. The number of rotatable bonds is 10. The summed E-state index contributed by atoms with van der Waals surface area (Å²) in [4.78, 5) is 14.1. The Balaban J connectivity index is 2.34. The van der Waals surface area contributed by atoms with Crippen molar-refractivity contribution in [3.8, 4) is 17.2 Å². The van der Waals surface area contributed by atoms with Gasteiger partial charge in [0.1, 0.15) is 22.8 Å². The summed E-state index contributed by atoms with van der Waals surface area (Å²) >= 11 is 0. The van der Waals surface area contributed by atoms with Crippen LogP contribution in [0.4, 0.5) is 0 Å². The van der Waals surface area contributed by atoms with E-state index in [9.17, 15) is 4.79 Å². The Morgan fingerprint density at radius 2 is 1.22 bits per heavy atom. The monoisotopic (exact) mass is 592 g/mol. The van der Waals surface area contributed by atoms with E-state index in [4.69, 9.17) is 13.6 Å². The van der Waals surface area contributed by atoms with Crippen LogP contribution in [-0.2, 0) is 0 Å². The van der Waals surface area contributed by atoms with Gasteiger partial charge in [-0.3, -0.25) is 0 Å². The largest absolute Gasteiger partial charge is 0.543 e. The molecule has 0 aliphatic carbocycles. The number of esters is 1. The van der Waals surface area contributed by atoms with Crippen molar-refractivity contribution in [3.63, 3.8) is 0 Å². The zero-order valence-electron chi connectivity index (χ0n) is 27.9. The van der Waals surface area contributed by atoms with Crippen molar-refractivity contribution in [1.82, 2.24) is 0 Å². The topological polar surface area (TPSA) is 44.8 Å². The van der Waals surface area contributed by atoms with Crippen molar-refractivity contribution in [3.05, 3.63) is 65.2 Å². The fourth-order valence-electron chi connectivity index (χ4n) is 4.95. The van der Waals surface area contributed by atoms with Crippen molar-refractivity contribution in [2.24, 2.45) is 11.8 Å². The third-order valence-electron chi connectivity index (χ3n) is 10.5. The molecule has 0 saturated heterocycles. The van der Waals surface area contributed by atoms with Gasteiger partial charge in [0.05, 0.1) is 0 Å². The Labute approximate surface area is 251 Å². The summed E-state index contributed by atoms with van der Waals surface area (Å²) in [5.74, 6) is 2.29. The number of ether oxygens (including phenoxy) is 1. The number of benzene rings is 3. The summed E-state index contributed by atoms with van der Waals surface area (Å²) in [5, 5.41) is 1.84. The van der Waals surface area contributed by atoms with Crippen LogP contribution in [-0.4, -0.2) is 22.6 Å². The first kappa shape index (κ1) is 32.9. The van der Waals surface area contributed by atoms with Crippen molar-refractivity contribution < 1.29 is 18.4 Å². The molecule has 0 aliphatic rings. The Hall–Kier alpha value is -2.58. The van der Waals surface area contributed by atoms with Gasteiger partial charge in [0.15, 0.2) is 0 Å². The van der Waals surface area contributed by atoms with Gasteiger partial charge < -0.3 is 13.6 Å². The highest BCUT2D eigenvalue weighted by atomic mass is 28.4. The smallest absolute Gasteiger partial charge is 0.347 e. The normalized spacial score (nSPS) is 13.2. The van der Waals surface area contributed by atoms with E-state index in [0.717, 1.165) is 27.6 Å². The maximum atomic E-state index is 14.1. The number of aryl methyl sites for hydroxylation is 2. The number of carbonyl (C=O) groups is 1. The standard InChI is InChI=1S/C35H52O4Si2/c1-23(2)34(7,8)40(11,12)38-30-22-28(33(36)37-29-21-16-15-18-25(29)5)32(27-20-17-19-26(6)31(27)30)39-41(13,14)35(9,10)24(3)4/h15-24H,1-14H3. The molecule has 3 aromatic carbocycles. The minimum Gasteiger partial charge on any atom is -0.543 e. The second-order valence-corrected chi connectivity index (χ2v) is 23.4. The van der Waals surface area contributed by atoms with E-state index in [-0.39, 0.29) is 10.1 Å². The molecule has 0 saturated carbocycles. The van der Waals surface area contributed by atoms with Gasteiger partial charge in [-0.1, -0.05) is 91.8 Å². The third-order valence-corrected chi connectivity index (χ3v) is 19.3. The molecule has 0 aromatic heterocycles. The lowest BCUT2D eigenvalue weighted by atomic mass is 9.99. The summed E-state index contributed by atoms with van der Waals surface area (Å²) in [6.45, 7) is 31.2. The second kappa shape index (κ2) is 11.6. The third kappa shape index (κ3) is 6.29. The van der Waals surface area contributed by atoms with Crippen LogP contribution in [0.2, 0.25) is 36.3 Å². The predicted octanol–water partition coefficient (Wildman–Crippen LogP) is 10.7. The van der Waals surface area contributed by atoms with Crippen LogP contribution in [0.1, 0.15) is 76.9 Å². The Morgan fingerprint density at radius 1 is 0.707 bits per heavy atom. The second-order valence-electron chi connectivity index (χ2n) is 14.4. The highest BCUT2D eigenvalue weighted by Gasteiger charge is 2.47. The summed E-state index contributed by atoms with van der Waals surface area (Å²) in [6, 6.07) is 15.7. The lowest BCUT2D eigenvalue weighted by Crippen LogP contribution is -2.48. The van der Waals surface area contributed by atoms with Crippen LogP contribution in [0, 0.1) is 25.7 Å². The molecule has 0 heterocycles. The number of hydrogen-bond acceptors (Lipinski definition) is 4. The molecule has 0 spiro atoms. The quantitative estimate of drug-likeness (QED) is 0.133. The molecule has 41 heavy (non-hydrogen) atoms. The van der Waals surface area contributed by atoms with Crippen LogP contribution >= 0.6 is 0 Å². The van der Waals surface area contributed by atoms with Crippen LogP contribution < -0.4 is 13.6 Å². The molecule has 4 nitrogen and oxygen atoms in total. The van der Waals surface area contributed by atoms with E-state index >= 15 is 0 Å². The van der Waals surface area contributed by atoms with Gasteiger partial charge in [-0.2, -0.15) is 0 Å². The molecule has 0 radical (unpaired) electrons. The van der Waals surface area contributed by atoms with Crippen molar-refractivity contribution >= 4 is 33.4 Å². The number of para-hydroxylation sites is 1. The first-order chi connectivity index (χ1) is 18.7. The maximum Gasteiger partial charge on any atom is 0.347 e. The molecule has 6 heteroatoms. The Kier molecular flexibility index (Phi) is 9.32. The highest BCUT2D eigenvalue weighted by molar-refractivity contribution is 6.75. The van der Waals surface area contributed by atoms with E-state index in [1.807, 2.05) is 43.3 Å². The molecule has 3 rings (SSSR count). The highest BCUT2D eigenvalue weighted by Crippen LogP contribution is 2.50. The van der Waals surface area contributed by atoms with E-state index < -0.39 is 22.6 Å². The van der Waals surface area contributed by atoms with Gasteiger partial charge in [-0.05, 0) is 85.2 Å². The zero-order valence-corrected chi connectivity index (χ0v) is 29.9. The number of carbonyl (C=O) groups excluding carboxylic acids is 1. The van der Waals surface area contributed by atoms with E-state index in [2.05, 4.69) is 101 Å². The maximum absolute atomic E-state index is 14.1. The average Bonchev–Trinajstić information content (AvgIpc) is 2.85. The molecule has 0 N–H and O–H groups in total. The number of hydrogen-bond donors (Lipinski definition) is 0. The number of fused-ring (bicyclic) bond motifs is 1. The van der Waals surface area contributed by atoms with Gasteiger partial charge in [0, 0.05) is 10.8 Å². The van der Waals surface area contributed by atoms with Crippen molar-refractivity contribution in [1.29, 1.82) is 0 Å². The molecule has 0 atom stereocenters. The molecule has 0 bridgehead atoms. The fraction of sp³-hybridized carbons (Fsp3) is 0.514. The summed E-state index contributed by atoms with van der Waals surface area (Å²) in [7, 11) is -4.71. The van der Waals surface area contributed by atoms with Crippen molar-refractivity contribution in [2.45, 2.75) is 106 Å². The van der Waals surface area contributed by atoms with Crippen LogP contribution in [0.5, 0.6) is 17.2 Å². The molecule has 224 valence electrons. The van der Waals surface area contributed by atoms with Gasteiger partial charge in [-0.15, -0.1) is 0 Å². The first-order valence-corrected chi connectivity index (χ1v) is 20.8. The first-order valence-electron chi connectivity index (χ1n) is 15.0. The fourth-order valence-corrected chi connectivity index (χ4v) is 9.70.